The Hall–Kier alpha value is -1.44. The lowest BCUT2D eigenvalue weighted by molar-refractivity contribution is -0.167. The molecule has 7 heteroatoms. The van der Waals surface area contributed by atoms with Gasteiger partial charge in [-0.1, -0.05) is 248 Å². The molecule has 0 aromatic rings. The van der Waals surface area contributed by atoms with Crippen LogP contribution in [0.5, 0.6) is 0 Å². The third-order valence-corrected chi connectivity index (χ3v) is 12.9. The number of allylic oxidation sites excluding steroid dienone is 2. The molecule has 0 radical (unpaired) electrons. The molecule has 0 aliphatic carbocycles. The van der Waals surface area contributed by atoms with Gasteiger partial charge in [0.2, 0.25) is 0 Å². The molecular weight excluding hydrogens is 833 g/mol. The van der Waals surface area contributed by atoms with Crippen LogP contribution in [0.2, 0.25) is 0 Å². The summed E-state index contributed by atoms with van der Waals surface area (Å²) in [5, 5.41) is 0. The molecule has 0 saturated heterocycles. The zero-order valence-corrected chi connectivity index (χ0v) is 46.5. The fourth-order valence-electron chi connectivity index (χ4n) is 8.75. The number of hydrogen-bond donors (Lipinski definition) is 0. The lowest BCUT2D eigenvalue weighted by Gasteiger charge is -2.26. The summed E-state index contributed by atoms with van der Waals surface area (Å²) in [6.45, 7) is 20.9. The first-order valence-electron chi connectivity index (χ1n) is 29.9. The Morgan fingerprint density at radius 2 is 0.522 bits per heavy atom. The van der Waals surface area contributed by atoms with E-state index < -0.39 is 0 Å². The second-order valence-electron chi connectivity index (χ2n) is 19.7. The predicted octanol–water partition coefficient (Wildman–Crippen LogP) is 19.9. The van der Waals surface area contributed by atoms with Crippen LogP contribution in [0.25, 0.3) is 0 Å². The molecule has 0 amide bonds. The molecule has 67 heavy (non-hydrogen) atoms. The quantitative estimate of drug-likeness (QED) is 0.0342. The monoisotopic (exact) mass is 951 g/mol. The summed E-state index contributed by atoms with van der Waals surface area (Å²) in [5.74, 6) is 3.78. The maximum Gasteiger partial charge on any atom is 0.162 e. The molecular formula is C60H118O7. The van der Waals surface area contributed by atoms with Gasteiger partial charge >= 0.3 is 0 Å². The molecule has 0 N–H and O–H groups in total. The number of ether oxygens (including phenoxy) is 7. The third kappa shape index (κ3) is 40.9. The summed E-state index contributed by atoms with van der Waals surface area (Å²) in [6.07, 6.45) is 48.1. The van der Waals surface area contributed by atoms with Crippen molar-refractivity contribution in [1.82, 2.24) is 0 Å². The van der Waals surface area contributed by atoms with Gasteiger partial charge in [-0.2, -0.15) is 0 Å². The summed E-state index contributed by atoms with van der Waals surface area (Å²) >= 11 is 0. The molecule has 400 valence electrons. The predicted molar refractivity (Wildman–Crippen MR) is 288 cm³/mol. The number of rotatable bonds is 56. The molecule has 0 spiro atoms. The zero-order valence-electron chi connectivity index (χ0n) is 46.5. The molecule has 0 aliphatic heterocycles. The molecule has 0 fully saturated rings. The second kappa shape index (κ2) is 53.9. The Morgan fingerprint density at radius 3 is 0.806 bits per heavy atom. The van der Waals surface area contributed by atoms with Crippen LogP contribution in [0.4, 0.5) is 0 Å². The van der Waals surface area contributed by atoms with Crippen LogP contribution in [0, 0.1) is 0 Å². The van der Waals surface area contributed by atoms with Crippen LogP contribution >= 0.6 is 0 Å². The van der Waals surface area contributed by atoms with Gasteiger partial charge in [-0.3, -0.25) is 0 Å². The lowest BCUT2D eigenvalue weighted by atomic mass is 10.0. The standard InChI is InChI=1S/C60H118O7/c1-9-17-21-25-29-31-33-35-39-41-45-55(62-49-13-5)59(64-51-15-7)57(47-43-37-27-23-19-11-3)66-53-61-54-67-58(48-44-38-28-24-20-12-4)60(65-52-16-8)56(63-50-14-6)46-42-40-36-34-32-30-26-22-18-10-2/h57-58H,9-54H2,1-8H3. The van der Waals surface area contributed by atoms with Gasteiger partial charge in [-0.05, 0) is 51.4 Å². The summed E-state index contributed by atoms with van der Waals surface area (Å²) in [4.78, 5) is 0. The minimum Gasteiger partial charge on any atom is -0.494 e. The van der Waals surface area contributed by atoms with Gasteiger partial charge in [0.25, 0.3) is 0 Å². The normalized spacial score (nSPS) is 13.4. The minimum atomic E-state index is -0.218. The van der Waals surface area contributed by atoms with Gasteiger partial charge in [-0.15, -0.1) is 0 Å². The molecule has 0 aromatic heterocycles. The third-order valence-electron chi connectivity index (χ3n) is 12.9. The smallest absolute Gasteiger partial charge is 0.162 e. The molecule has 0 heterocycles. The number of unbranched alkanes of at least 4 members (excludes halogenated alkanes) is 28. The van der Waals surface area contributed by atoms with Gasteiger partial charge in [-0.25, -0.2) is 0 Å². The molecule has 0 rings (SSSR count). The highest BCUT2D eigenvalue weighted by molar-refractivity contribution is 5.09. The van der Waals surface area contributed by atoms with Crippen LogP contribution in [-0.4, -0.2) is 52.2 Å². The Kier molecular flexibility index (Phi) is 52.7. The van der Waals surface area contributed by atoms with Crippen molar-refractivity contribution in [2.45, 2.75) is 324 Å². The molecule has 0 aromatic carbocycles. The maximum atomic E-state index is 6.72. The van der Waals surface area contributed by atoms with E-state index in [1.165, 1.54) is 180 Å². The van der Waals surface area contributed by atoms with Crippen molar-refractivity contribution in [2.24, 2.45) is 0 Å². The summed E-state index contributed by atoms with van der Waals surface area (Å²) in [6, 6.07) is 0. The Bertz CT molecular complexity index is 963. The Balaban J connectivity index is 6.16. The molecule has 0 bridgehead atoms. The van der Waals surface area contributed by atoms with Gasteiger partial charge in [0.1, 0.15) is 23.7 Å². The van der Waals surface area contributed by atoms with E-state index in [4.69, 9.17) is 33.2 Å². The van der Waals surface area contributed by atoms with Crippen molar-refractivity contribution < 1.29 is 33.2 Å². The zero-order chi connectivity index (χ0) is 48.9. The second-order valence-corrected chi connectivity index (χ2v) is 19.7. The minimum absolute atomic E-state index is 0.134. The average molecular weight is 952 g/mol. The van der Waals surface area contributed by atoms with Crippen LogP contribution in [0.15, 0.2) is 23.0 Å². The summed E-state index contributed by atoms with van der Waals surface area (Å²) in [7, 11) is 0. The highest BCUT2D eigenvalue weighted by atomic mass is 16.7. The Labute approximate surface area is 419 Å². The molecule has 2 unspecified atom stereocenters. The topological polar surface area (TPSA) is 64.6 Å². The van der Waals surface area contributed by atoms with Crippen LogP contribution in [0.1, 0.15) is 312 Å². The van der Waals surface area contributed by atoms with E-state index in [1.807, 2.05) is 0 Å². The molecule has 0 saturated carbocycles. The van der Waals surface area contributed by atoms with Crippen molar-refractivity contribution in [3.05, 3.63) is 23.0 Å². The first-order valence-corrected chi connectivity index (χ1v) is 29.9. The molecule has 7 nitrogen and oxygen atoms in total. The largest absolute Gasteiger partial charge is 0.494 e. The molecule has 2 atom stereocenters. The van der Waals surface area contributed by atoms with Crippen molar-refractivity contribution in [3.63, 3.8) is 0 Å². The SMILES string of the molecule is CCCCCCCCCCCCC(OCCC)=C(OCCC)C(CCCCCCCC)OCOCOC(CCCCCCCC)C(OCCC)=C(CCCCCCCCCCCC)OCCC. The van der Waals surface area contributed by atoms with Gasteiger partial charge in [0.15, 0.2) is 25.1 Å². The van der Waals surface area contributed by atoms with E-state index in [-0.39, 0.29) is 25.8 Å². The van der Waals surface area contributed by atoms with Crippen molar-refractivity contribution in [1.29, 1.82) is 0 Å². The van der Waals surface area contributed by atoms with Crippen LogP contribution in [0.3, 0.4) is 0 Å². The van der Waals surface area contributed by atoms with Crippen molar-refractivity contribution in [3.8, 4) is 0 Å². The van der Waals surface area contributed by atoms with E-state index >= 15 is 0 Å². The maximum absolute atomic E-state index is 6.72. The average Bonchev–Trinajstić information content (AvgIpc) is 3.34. The van der Waals surface area contributed by atoms with E-state index in [9.17, 15) is 0 Å². The first-order chi connectivity index (χ1) is 33.1. The Morgan fingerprint density at radius 1 is 0.269 bits per heavy atom. The highest BCUT2D eigenvalue weighted by Crippen LogP contribution is 2.28. The van der Waals surface area contributed by atoms with E-state index in [0.29, 0.717) is 26.4 Å². The summed E-state index contributed by atoms with van der Waals surface area (Å²) in [5.41, 5.74) is 0. The van der Waals surface area contributed by atoms with Crippen LogP contribution < -0.4 is 0 Å². The van der Waals surface area contributed by atoms with Crippen molar-refractivity contribution >= 4 is 0 Å². The van der Waals surface area contributed by atoms with E-state index in [2.05, 4.69) is 55.4 Å². The molecule has 0 aliphatic rings. The van der Waals surface area contributed by atoms with E-state index in [1.54, 1.807) is 0 Å². The van der Waals surface area contributed by atoms with Gasteiger partial charge in [0.05, 0.1) is 26.4 Å². The fraction of sp³-hybridized carbons (Fsp3) is 0.933. The fourth-order valence-corrected chi connectivity index (χ4v) is 8.75. The highest BCUT2D eigenvalue weighted by Gasteiger charge is 2.25. The van der Waals surface area contributed by atoms with Gasteiger partial charge < -0.3 is 33.2 Å². The number of hydrogen-bond acceptors (Lipinski definition) is 7. The first kappa shape index (κ1) is 65.6. The van der Waals surface area contributed by atoms with Crippen molar-refractivity contribution in [2.75, 3.05) is 40.0 Å². The lowest BCUT2D eigenvalue weighted by Crippen LogP contribution is -2.25. The summed E-state index contributed by atoms with van der Waals surface area (Å²) < 4.78 is 46.1. The van der Waals surface area contributed by atoms with Gasteiger partial charge in [0, 0.05) is 12.8 Å². The van der Waals surface area contributed by atoms with E-state index in [0.717, 1.165) is 100 Å². The van der Waals surface area contributed by atoms with Crippen LogP contribution in [-0.2, 0) is 33.2 Å².